The van der Waals surface area contributed by atoms with Crippen molar-refractivity contribution in [3.05, 3.63) is 24.3 Å². The molecule has 1 aliphatic carbocycles. The standard InChI is InChI=1S/C21H29N5O4Si/c1-31(2,3)9-8-23-19(28)17-11-13-10-16(13)26(17)18(27)12-25-15-7-5-4-6-14(15)20(24-25)30-21(22)29/h4-7,13,16-17H,8-12H2,1-3H3,(H2,22,29)(H,23,28)/t13-,16-,17+/m1/s1. The fourth-order valence-electron chi connectivity index (χ4n) is 4.33. The molecule has 1 aromatic carbocycles. The van der Waals surface area contributed by atoms with Crippen molar-refractivity contribution in [3.63, 3.8) is 0 Å². The molecule has 1 saturated heterocycles. The van der Waals surface area contributed by atoms with Crippen molar-refractivity contribution in [2.75, 3.05) is 6.54 Å². The second-order valence-corrected chi connectivity index (χ2v) is 15.2. The molecule has 3 amide bonds. The van der Waals surface area contributed by atoms with E-state index in [0.717, 1.165) is 12.5 Å². The number of carbonyl (C=O) groups is 3. The number of amides is 3. The molecule has 31 heavy (non-hydrogen) atoms. The monoisotopic (exact) mass is 443 g/mol. The molecule has 2 aliphatic rings. The highest BCUT2D eigenvalue weighted by Crippen LogP contribution is 2.48. The van der Waals surface area contributed by atoms with Crippen molar-refractivity contribution >= 4 is 36.9 Å². The summed E-state index contributed by atoms with van der Waals surface area (Å²) in [7, 11) is -1.25. The predicted octanol–water partition coefficient (Wildman–Crippen LogP) is 1.94. The van der Waals surface area contributed by atoms with E-state index >= 15 is 0 Å². The molecule has 0 radical (unpaired) electrons. The molecule has 3 atom stereocenters. The van der Waals surface area contributed by atoms with E-state index < -0.39 is 20.2 Å². The molecular weight excluding hydrogens is 414 g/mol. The van der Waals surface area contributed by atoms with Crippen LogP contribution in [0.15, 0.2) is 24.3 Å². The number of nitrogens with one attached hydrogen (secondary N) is 1. The second kappa shape index (κ2) is 7.99. The quantitative estimate of drug-likeness (QED) is 0.634. The average molecular weight is 444 g/mol. The van der Waals surface area contributed by atoms with Crippen LogP contribution in [0.4, 0.5) is 4.79 Å². The van der Waals surface area contributed by atoms with Crippen molar-refractivity contribution in [1.82, 2.24) is 20.0 Å². The molecule has 0 unspecified atom stereocenters. The van der Waals surface area contributed by atoms with Crippen molar-refractivity contribution in [2.24, 2.45) is 11.7 Å². The maximum Gasteiger partial charge on any atom is 0.411 e. The third-order valence-corrected chi connectivity index (χ3v) is 7.73. The van der Waals surface area contributed by atoms with Crippen LogP contribution >= 0.6 is 0 Å². The summed E-state index contributed by atoms with van der Waals surface area (Å²) in [6, 6.07) is 7.87. The Labute approximate surface area is 181 Å². The summed E-state index contributed by atoms with van der Waals surface area (Å²) >= 11 is 0. The fourth-order valence-corrected chi connectivity index (χ4v) is 5.20. The lowest BCUT2D eigenvalue weighted by molar-refractivity contribution is -0.140. The van der Waals surface area contributed by atoms with Gasteiger partial charge in [-0.2, -0.15) is 0 Å². The highest BCUT2D eigenvalue weighted by atomic mass is 28.3. The summed E-state index contributed by atoms with van der Waals surface area (Å²) in [5.41, 5.74) is 5.80. The van der Waals surface area contributed by atoms with E-state index in [1.165, 1.54) is 4.68 Å². The molecule has 0 bridgehead atoms. The van der Waals surface area contributed by atoms with E-state index in [1.807, 2.05) is 6.07 Å². The van der Waals surface area contributed by atoms with Gasteiger partial charge in [-0.1, -0.05) is 31.8 Å². The third-order valence-electron chi connectivity index (χ3n) is 5.98. The Balaban J connectivity index is 1.49. The number of hydrogen-bond acceptors (Lipinski definition) is 5. The van der Waals surface area contributed by atoms with E-state index in [0.29, 0.717) is 29.8 Å². The van der Waals surface area contributed by atoms with Gasteiger partial charge in [0.2, 0.25) is 11.8 Å². The molecule has 2 aromatic rings. The minimum Gasteiger partial charge on any atom is -0.389 e. The Morgan fingerprint density at radius 1 is 1.23 bits per heavy atom. The Morgan fingerprint density at radius 3 is 2.68 bits per heavy atom. The average Bonchev–Trinajstić information content (AvgIpc) is 3.21. The summed E-state index contributed by atoms with van der Waals surface area (Å²) in [5, 5.41) is 7.91. The number of carbonyl (C=O) groups excluding carboxylic acids is 3. The van der Waals surface area contributed by atoms with Gasteiger partial charge in [0, 0.05) is 20.7 Å². The number of aromatic nitrogens is 2. The molecule has 4 rings (SSSR count). The van der Waals surface area contributed by atoms with Crippen molar-refractivity contribution in [2.45, 2.75) is 57.2 Å². The second-order valence-electron chi connectivity index (χ2n) is 9.62. The van der Waals surface area contributed by atoms with Crippen LogP contribution in [0.2, 0.25) is 25.7 Å². The highest BCUT2D eigenvalue weighted by Gasteiger charge is 2.55. The number of nitrogens with zero attached hydrogens (tertiary/aromatic N) is 3. The number of nitrogens with two attached hydrogens (primary N) is 1. The van der Waals surface area contributed by atoms with Gasteiger partial charge in [0.05, 0.1) is 10.9 Å². The van der Waals surface area contributed by atoms with Crippen LogP contribution in [0.3, 0.4) is 0 Å². The van der Waals surface area contributed by atoms with Crippen LogP contribution in [-0.4, -0.2) is 59.3 Å². The van der Waals surface area contributed by atoms with Crippen LogP contribution in [0.5, 0.6) is 5.88 Å². The first-order valence-electron chi connectivity index (χ1n) is 10.7. The summed E-state index contributed by atoms with van der Waals surface area (Å²) in [4.78, 5) is 39.0. The molecule has 2 fully saturated rings. The van der Waals surface area contributed by atoms with Gasteiger partial charge in [-0.05, 0) is 36.9 Å². The van der Waals surface area contributed by atoms with Crippen LogP contribution in [0.1, 0.15) is 12.8 Å². The van der Waals surface area contributed by atoms with Crippen molar-refractivity contribution in [1.29, 1.82) is 0 Å². The smallest absolute Gasteiger partial charge is 0.389 e. The Morgan fingerprint density at radius 2 is 1.97 bits per heavy atom. The predicted molar refractivity (Wildman–Crippen MR) is 118 cm³/mol. The van der Waals surface area contributed by atoms with Gasteiger partial charge in [0.15, 0.2) is 0 Å². The van der Waals surface area contributed by atoms with Gasteiger partial charge in [0.25, 0.3) is 5.88 Å². The Kier molecular flexibility index (Phi) is 5.50. The molecule has 0 spiro atoms. The zero-order valence-electron chi connectivity index (χ0n) is 18.1. The topological polar surface area (TPSA) is 120 Å². The highest BCUT2D eigenvalue weighted by molar-refractivity contribution is 6.76. The van der Waals surface area contributed by atoms with Gasteiger partial charge in [0.1, 0.15) is 12.6 Å². The number of para-hydroxylation sites is 1. The number of fused-ring (bicyclic) bond motifs is 2. The first kappa shape index (κ1) is 21.4. The van der Waals surface area contributed by atoms with E-state index in [4.69, 9.17) is 10.5 Å². The van der Waals surface area contributed by atoms with Gasteiger partial charge >= 0.3 is 6.09 Å². The number of primary amides is 1. The number of benzene rings is 1. The molecule has 10 heteroatoms. The summed E-state index contributed by atoms with van der Waals surface area (Å²) in [6.45, 7) is 7.42. The maximum absolute atomic E-state index is 13.2. The lowest BCUT2D eigenvalue weighted by atomic mass is 10.1. The number of piperidine rings is 1. The fraction of sp³-hybridized carbons (Fsp3) is 0.524. The Bertz CT molecular complexity index is 1030. The van der Waals surface area contributed by atoms with Crippen molar-refractivity contribution in [3.8, 4) is 5.88 Å². The molecule has 9 nitrogen and oxygen atoms in total. The zero-order valence-corrected chi connectivity index (χ0v) is 19.1. The molecule has 1 aliphatic heterocycles. The molecular formula is C21H29N5O4Si. The van der Waals surface area contributed by atoms with E-state index in [-0.39, 0.29) is 30.3 Å². The molecule has 166 valence electrons. The summed E-state index contributed by atoms with van der Waals surface area (Å²) < 4.78 is 6.50. The van der Waals surface area contributed by atoms with E-state index in [1.54, 1.807) is 23.1 Å². The van der Waals surface area contributed by atoms with E-state index in [2.05, 4.69) is 30.1 Å². The number of hydrogen-bond donors (Lipinski definition) is 2. The first-order valence-corrected chi connectivity index (χ1v) is 14.4. The van der Waals surface area contributed by atoms with Gasteiger partial charge in [-0.3, -0.25) is 14.3 Å². The lowest BCUT2D eigenvalue weighted by Gasteiger charge is -2.27. The van der Waals surface area contributed by atoms with Crippen molar-refractivity contribution < 1.29 is 19.1 Å². The van der Waals surface area contributed by atoms with Crippen LogP contribution in [0.25, 0.3) is 10.9 Å². The summed E-state index contributed by atoms with van der Waals surface area (Å²) in [5.74, 6) is 0.248. The normalized spacial score (nSPS) is 22.3. The lowest BCUT2D eigenvalue weighted by Crippen LogP contribution is -2.49. The Hall–Kier alpha value is -2.88. The summed E-state index contributed by atoms with van der Waals surface area (Å²) in [6.07, 6.45) is 0.697. The molecule has 1 aromatic heterocycles. The van der Waals surface area contributed by atoms with Gasteiger partial charge in [-0.15, -0.1) is 5.10 Å². The number of ether oxygens (including phenoxy) is 1. The first-order chi connectivity index (χ1) is 14.6. The van der Waals surface area contributed by atoms with Crippen LogP contribution in [0, 0.1) is 5.92 Å². The maximum atomic E-state index is 13.2. The van der Waals surface area contributed by atoms with Crippen LogP contribution < -0.4 is 15.8 Å². The number of likely N-dealkylation sites (tertiary alicyclic amines) is 1. The number of rotatable bonds is 7. The minimum absolute atomic E-state index is 0.0372. The third kappa shape index (κ3) is 4.58. The molecule has 1 saturated carbocycles. The molecule has 2 heterocycles. The zero-order chi connectivity index (χ0) is 22.3. The SMILES string of the molecule is C[Si](C)(C)CCNC(=O)[C@@H]1C[C@H]2C[C@H]2N1C(=O)Cn1nc(OC(N)=O)c2ccccc21. The van der Waals surface area contributed by atoms with Gasteiger partial charge in [-0.25, -0.2) is 4.79 Å². The molecule has 3 N–H and O–H groups in total. The van der Waals surface area contributed by atoms with E-state index in [9.17, 15) is 14.4 Å². The largest absolute Gasteiger partial charge is 0.411 e. The van der Waals surface area contributed by atoms with Crippen LogP contribution in [-0.2, 0) is 16.1 Å². The minimum atomic E-state index is -1.25. The van der Waals surface area contributed by atoms with Gasteiger partial charge < -0.3 is 20.7 Å².